The lowest BCUT2D eigenvalue weighted by Gasteiger charge is -2.14. The third-order valence-electron chi connectivity index (χ3n) is 18.1. The lowest BCUT2D eigenvalue weighted by Crippen LogP contribution is -2.34. The first-order valence-corrected chi connectivity index (χ1v) is 44.2. The second-order valence-electron chi connectivity index (χ2n) is 35.5. The predicted octanol–water partition coefficient (Wildman–Crippen LogP) is 28.6. The molecular weight excluding hydrogens is 1390 g/mol. The lowest BCUT2D eigenvalue weighted by molar-refractivity contribution is 0.321. The van der Waals surface area contributed by atoms with Crippen LogP contribution in [-0.4, -0.2) is 99.2 Å². The third-order valence-corrected chi connectivity index (χ3v) is 19.4. The summed E-state index contributed by atoms with van der Waals surface area (Å²) < 4.78 is 0. The van der Waals surface area contributed by atoms with Gasteiger partial charge in [0.15, 0.2) is 0 Å². The number of fused-ring (bicyclic) bond motifs is 1. The van der Waals surface area contributed by atoms with Crippen molar-refractivity contribution >= 4 is 57.3 Å². The van der Waals surface area contributed by atoms with Crippen LogP contribution in [0.2, 0.25) is 20.1 Å². The van der Waals surface area contributed by atoms with Crippen LogP contribution in [-0.2, 0) is 25.7 Å². The highest BCUT2D eigenvalue weighted by molar-refractivity contribution is 6.33. The minimum absolute atomic E-state index is 0.181. The standard InChI is InChI=1S/C13H15N.C10H12Cl2.2C10H13Cl.C10H21N.C8H19N.C8H16.C8H18.2C7H17N.C5H14N2/c1-10(2)9-12-6-3-5-11-7-4-8-14-13(11)12;1-7(2)5-8-6-9(11)3-4-10(8)12;1-8(2)6-9-4-3-5-10(11)7-9;1-8(2)7-9-5-3-4-6-10(9)11;1-10(2)6-5-9-11-7-3-4-8-11;1-8(2)6-5-7-9(3)4;1-7(2)8-5-3-4-6-8;1-4-5-6-7-8(2)3;1-7(2)5-6-8(3)4;1-6(2)4-5-7(3)8;1-4(2)5(7)3-6/h3-8,10H,9H2,1-2H3;3-4,6-7H,5H2,1-2H3;3-5,7-8H,6H2,1-2H3;3-6,8H,7H2,1-2H3;10H,3-9H2,1-2H3;8H,5-7H2,1-4H3;7-8H,3-6H2,1-2H3;8H,4-7H2,1-3H3;7H,5-6H2,1-4H3;6-7H,4-5,8H2,1-3H3;4-5H,3,6-7H2,1-2H3. The maximum absolute atomic E-state index is 5.98. The Hall–Kier alpha value is -2.79. The van der Waals surface area contributed by atoms with Crippen molar-refractivity contribution in [2.45, 2.75) is 313 Å². The van der Waals surface area contributed by atoms with Gasteiger partial charge in [-0.1, -0.05) is 312 Å². The van der Waals surface area contributed by atoms with Crippen molar-refractivity contribution in [3.63, 3.8) is 0 Å². The number of hydrogen-bond acceptors (Lipinski definition) is 7. The van der Waals surface area contributed by atoms with Gasteiger partial charge in [-0.15, -0.1) is 0 Å². The van der Waals surface area contributed by atoms with E-state index in [-0.39, 0.29) is 6.04 Å². The summed E-state index contributed by atoms with van der Waals surface area (Å²) in [7, 11) is 8.48. The first kappa shape index (κ1) is 111. The molecule has 0 bridgehead atoms. The average Bonchev–Trinajstić information content (AvgIpc) is 1.35. The molecule has 5 aromatic rings. The van der Waals surface area contributed by atoms with Crippen molar-refractivity contribution in [1.82, 2.24) is 19.7 Å². The molecule has 1 aliphatic carbocycles. The number of unbranched alkanes of at least 4 members (excludes halogenated alkanes) is 2. The first-order valence-electron chi connectivity index (χ1n) is 42.6. The highest BCUT2D eigenvalue weighted by atomic mass is 35.5. The van der Waals surface area contributed by atoms with E-state index in [0.29, 0.717) is 42.2 Å². The van der Waals surface area contributed by atoms with Crippen LogP contribution in [0.4, 0.5) is 0 Å². The van der Waals surface area contributed by atoms with Gasteiger partial charge < -0.3 is 31.9 Å². The van der Waals surface area contributed by atoms with Gasteiger partial charge in [0.2, 0.25) is 0 Å². The molecule has 2 heterocycles. The van der Waals surface area contributed by atoms with Crippen molar-refractivity contribution in [2.75, 3.05) is 67.5 Å². The van der Waals surface area contributed by atoms with Crippen molar-refractivity contribution in [2.24, 2.45) is 88.2 Å². The van der Waals surface area contributed by atoms with Gasteiger partial charge in [-0.3, -0.25) is 4.98 Å². The summed E-state index contributed by atoms with van der Waals surface area (Å²) in [4.78, 5) is 11.5. The molecule has 7 nitrogen and oxygen atoms in total. The SMILES string of the molecule is CC(C)C(N)CN.CC(C)C1CCCC1.CC(C)CCC(C)N.CC(C)CCCN(C)C.CC(C)CCCN1CCCC1.CC(C)CCN(C)C.CC(C)Cc1cc(Cl)ccc1Cl.CC(C)Cc1cccc(Cl)c1.CC(C)Cc1cccc2cccnc12.CC(C)Cc1ccccc1Cl.CCCCCC(C)C. The number of likely N-dealkylation sites (tertiary alicyclic amines) is 1. The van der Waals surface area contributed by atoms with Gasteiger partial charge in [-0.05, 0) is 287 Å². The van der Waals surface area contributed by atoms with Crippen LogP contribution >= 0.6 is 46.4 Å². The Kier molecular flexibility index (Phi) is 73.4. The molecule has 2 fully saturated rings. The fourth-order valence-electron chi connectivity index (χ4n) is 11.5. The van der Waals surface area contributed by atoms with Crippen LogP contribution in [0.25, 0.3) is 10.9 Å². The molecular formula is C96H175Cl4N7. The number of nitrogens with zero attached hydrogens (tertiary/aromatic N) is 4. The number of hydrogen-bond donors (Lipinski definition) is 3. The highest BCUT2D eigenvalue weighted by Gasteiger charge is 2.17. The highest BCUT2D eigenvalue weighted by Crippen LogP contribution is 2.31. The van der Waals surface area contributed by atoms with Crippen LogP contribution in [0.1, 0.15) is 298 Å². The molecule has 2 aliphatic rings. The summed E-state index contributed by atoms with van der Waals surface area (Å²) in [5, 5.41) is 4.54. The normalized spacial score (nSPS) is 13.2. The van der Waals surface area contributed by atoms with E-state index in [9.17, 15) is 0 Å². The van der Waals surface area contributed by atoms with E-state index < -0.39 is 0 Å². The number of pyridine rings is 1. The van der Waals surface area contributed by atoms with E-state index in [1.165, 1.54) is 158 Å². The fourth-order valence-corrected chi connectivity index (χ4v) is 12.3. The summed E-state index contributed by atoms with van der Waals surface area (Å²) in [6, 6.07) is 32.8. The molecule has 1 saturated heterocycles. The molecule has 1 aliphatic heterocycles. The van der Waals surface area contributed by atoms with E-state index in [2.05, 4.69) is 250 Å². The van der Waals surface area contributed by atoms with Crippen LogP contribution < -0.4 is 17.2 Å². The number of para-hydroxylation sites is 1. The molecule has 7 rings (SSSR count). The van der Waals surface area contributed by atoms with Gasteiger partial charge in [-0.25, -0.2) is 0 Å². The van der Waals surface area contributed by atoms with Crippen LogP contribution in [0.15, 0.2) is 103 Å². The molecule has 622 valence electrons. The Balaban J connectivity index is -0.000000549. The monoisotopic (exact) mass is 1570 g/mol. The fraction of sp³-hybridized carbons (Fsp3) is 0.719. The zero-order valence-corrected chi connectivity index (χ0v) is 78.0. The van der Waals surface area contributed by atoms with E-state index in [1.807, 2.05) is 66.9 Å². The minimum atomic E-state index is 0.181. The van der Waals surface area contributed by atoms with Crippen LogP contribution in [0, 0.1) is 71.0 Å². The molecule has 6 N–H and O–H groups in total. The maximum atomic E-state index is 5.98. The third kappa shape index (κ3) is 74.4. The Morgan fingerprint density at radius 3 is 1.34 bits per heavy atom. The van der Waals surface area contributed by atoms with Gasteiger partial charge in [0.1, 0.15) is 0 Å². The predicted molar refractivity (Wildman–Crippen MR) is 491 cm³/mol. The summed E-state index contributed by atoms with van der Waals surface area (Å²) in [6.07, 6.45) is 29.8. The summed E-state index contributed by atoms with van der Waals surface area (Å²) in [5.41, 5.74) is 22.5. The summed E-state index contributed by atoms with van der Waals surface area (Å²) in [6.45, 7) is 60.6. The van der Waals surface area contributed by atoms with E-state index in [4.69, 9.17) is 63.6 Å². The van der Waals surface area contributed by atoms with Crippen LogP contribution in [0.5, 0.6) is 0 Å². The smallest absolute Gasteiger partial charge is 0.0733 e. The average molecular weight is 1570 g/mol. The summed E-state index contributed by atoms with van der Waals surface area (Å²) >= 11 is 23.6. The first-order chi connectivity index (χ1) is 50.2. The van der Waals surface area contributed by atoms with Gasteiger partial charge in [0.05, 0.1) is 5.52 Å². The minimum Gasteiger partial charge on any atom is -0.329 e. The van der Waals surface area contributed by atoms with Gasteiger partial charge in [0, 0.05) is 50.3 Å². The molecule has 0 spiro atoms. The van der Waals surface area contributed by atoms with Crippen molar-refractivity contribution in [1.29, 1.82) is 0 Å². The second kappa shape index (κ2) is 71.0. The largest absolute Gasteiger partial charge is 0.329 e. The molecule has 2 atom stereocenters. The number of nitrogens with two attached hydrogens (primary N) is 3. The zero-order valence-electron chi connectivity index (χ0n) is 75.0. The van der Waals surface area contributed by atoms with Gasteiger partial charge >= 0.3 is 0 Å². The number of halogens is 4. The van der Waals surface area contributed by atoms with E-state index in [0.717, 1.165) is 105 Å². The zero-order chi connectivity index (χ0) is 82.4. The Bertz CT molecular complexity index is 2680. The van der Waals surface area contributed by atoms with Gasteiger partial charge in [0.25, 0.3) is 0 Å². The van der Waals surface area contributed by atoms with Gasteiger partial charge in [-0.2, -0.15) is 0 Å². The molecule has 4 aromatic carbocycles. The van der Waals surface area contributed by atoms with Crippen molar-refractivity contribution in [3.8, 4) is 0 Å². The van der Waals surface area contributed by atoms with Crippen LogP contribution in [0.3, 0.4) is 0 Å². The number of rotatable bonds is 29. The maximum Gasteiger partial charge on any atom is 0.0733 e. The number of benzene rings is 4. The Morgan fingerprint density at radius 1 is 0.439 bits per heavy atom. The van der Waals surface area contributed by atoms with Crippen molar-refractivity contribution in [3.05, 3.63) is 146 Å². The molecule has 0 amide bonds. The summed E-state index contributed by atoms with van der Waals surface area (Å²) in [5.74, 6) is 9.51. The van der Waals surface area contributed by atoms with E-state index >= 15 is 0 Å². The molecule has 2 unspecified atom stereocenters. The Morgan fingerprint density at radius 2 is 0.907 bits per heavy atom. The molecule has 0 radical (unpaired) electrons. The number of aromatic nitrogens is 1. The molecule has 1 aromatic heterocycles. The topological polar surface area (TPSA) is 101 Å². The van der Waals surface area contributed by atoms with E-state index in [1.54, 1.807) is 0 Å². The molecule has 107 heavy (non-hydrogen) atoms. The quantitative estimate of drug-likeness (QED) is 0.0410. The lowest BCUT2D eigenvalue weighted by atomic mass is 9.95. The molecule has 1 saturated carbocycles. The second-order valence-corrected chi connectivity index (χ2v) is 37.2. The van der Waals surface area contributed by atoms with Crippen molar-refractivity contribution < 1.29 is 0 Å². The Labute approximate surface area is 686 Å². The molecule has 11 heteroatoms.